The SMILES string of the molecule is O=C(O)CCC(CC1CCCCC1)NC(=O)C1CCOCC1. The highest BCUT2D eigenvalue weighted by molar-refractivity contribution is 5.79. The first-order chi connectivity index (χ1) is 10.6. The molecule has 1 atom stereocenters. The highest BCUT2D eigenvalue weighted by Gasteiger charge is 2.26. The lowest BCUT2D eigenvalue weighted by Crippen LogP contribution is -2.42. The van der Waals surface area contributed by atoms with Gasteiger partial charge in [0.1, 0.15) is 0 Å². The van der Waals surface area contributed by atoms with Crippen molar-refractivity contribution in [3.05, 3.63) is 0 Å². The van der Waals surface area contributed by atoms with Crippen LogP contribution in [-0.4, -0.2) is 36.2 Å². The Morgan fingerprint density at radius 1 is 1.09 bits per heavy atom. The van der Waals surface area contributed by atoms with Crippen molar-refractivity contribution in [3.63, 3.8) is 0 Å². The molecule has 0 aromatic heterocycles. The lowest BCUT2D eigenvalue weighted by Gasteiger charge is -2.29. The second kappa shape index (κ2) is 9.13. The van der Waals surface area contributed by atoms with Gasteiger partial charge in [0.05, 0.1) is 0 Å². The van der Waals surface area contributed by atoms with Crippen molar-refractivity contribution in [1.82, 2.24) is 5.32 Å². The number of aliphatic carboxylic acids is 1. The number of nitrogens with one attached hydrogen (secondary N) is 1. The van der Waals surface area contributed by atoms with Crippen molar-refractivity contribution in [2.24, 2.45) is 11.8 Å². The summed E-state index contributed by atoms with van der Waals surface area (Å²) in [5.41, 5.74) is 0. The van der Waals surface area contributed by atoms with E-state index in [9.17, 15) is 9.59 Å². The predicted octanol–water partition coefficient (Wildman–Crippen LogP) is 2.73. The molecule has 126 valence electrons. The van der Waals surface area contributed by atoms with Gasteiger partial charge in [0.15, 0.2) is 0 Å². The Morgan fingerprint density at radius 3 is 2.41 bits per heavy atom. The van der Waals surface area contributed by atoms with Gasteiger partial charge in [-0.1, -0.05) is 32.1 Å². The van der Waals surface area contributed by atoms with E-state index in [1.807, 2.05) is 0 Å². The molecule has 0 radical (unpaired) electrons. The summed E-state index contributed by atoms with van der Waals surface area (Å²) >= 11 is 0. The third-order valence-electron chi connectivity index (χ3n) is 4.99. The van der Waals surface area contributed by atoms with Crippen LogP contribution in [0, 0.1) is 11.8 Å². The summed E-state index contributed by atoms with van der Waals surface area (Å²) in [4.78, 5) is 23.2. The molecule has 1 amide bonds. The zero-order valence-corrected chi connectivity index (χ0v) is 13.4. The third-order valence-corrected chi connectivity index (χ3v) is 4.99. The third kappa shape index (κ3) is 5.95. The maximum Gasteiger partial charge on any atom is 0.303 e. The van der Waals surface area contributed by atoms with Gasteiger partial charge in [-0.3, -0.25) is 9.59 Å². The van der Waals surface area contributed by atoms with Crippen LogP contribution < -0.4 is 5.32 Å². The highest BCUT2D eigenvalue weighted by Crippen LogP contribution is 2.28. The van der Waals surface area contributed by atoms with Crippen LogP contribution >= 0.6 is 0 Å². The molecule has 2 fully saturated rings. The van der Waals surface area contributed by atoms with Gasteiger partial charge in [-0.2, -0.15) is 0 Å². The van der Waals surface area contributed by atoms with Crippen LogP contribution in [0.2, 0.25) is 0 Å². The predicted molar refractivity (Wildman–Crippen MR) is 83.5 cm³/mol. The molecule has 1 heterocycles. The Bertz CT molecular complexity index is 360. The summed E-state index contributed by atoms with van der Waals surface area (Å²) in [5.74, 6) is -0.0153. The van der Waals surface area contributed by atoms with Crippen molar-refractivity contribution < 1.29 is 19.4 Å². The van der Waals surface area contributed by atoms with Crippen LogP contribution in [0.25, 0.3) is 0 Å². The Morgan fingerprint density at radius 2 is 1.77 bits per heavy atom. The summed E-state index contributed by atoms with van der Waals surface area (Å²) < 4.78 is 5.30. The van der Waals surface area contributed by atoms with Crippen LogP contribution in [-0.2, 0) is 14.3 Å². The molecule has 0 aromatic carbocycles. The normalized spacial score (nSPS) is 22.2. The van der Waals surface area contributed by atoms with E-state index in [-0.39, 0.29) is 24.3 Å². The van der Waals surface area contributed by atoms with Crippen LogP contribution in [0.3, 0.4) is 0 Å². The molecular weight excluding hydrogens is 282 g/mol. The average Bonchev–Trinajstić information content (AvgIpc) is 2.54. The first-order valence-electron chi connectivity index (χ1n) is 8.75. The minimum atomic E-state index is -0.783. The number of ether oxygens (including phenoxy) is 1. The van der Waals surface area contributed by atoms with E-state index in [1.54, 1.807) is 0 Å². The standard InChI is InChI=1S/C17H29NO4/c19-16(20)7-6-15(12-13-4-2-1-3-5-13)18-17(21)14-8-10-22-11-9-14/h13-15H,1-12H2,(H,18,21)(H,19,20). The molecule has 0 aromatic rings. The number of carbonyl (C=O) groups is 2. The van der Waals surface area contributed by atoms with Gasteiger partial charge in [-0.15, -0.1) is 0 Å². The van der Waals surface area contributed by atoms with Crippen molar-refractivity contribution >= 4 is 11.9 Å². The van der Waals surface area contributed by atoms with Gasteiger partial charge in [0.2, 0.25) is 5.91 Å². The van der Waals surface area contributed by atoms with Gasteiger partial charge in [0.25, 0.3) is 0 Å². The molecule has 1 saturated carbocycles. The smallest absolute Gasteiger partial charge is 0.303 e. The molecule has 2 rings (SSSR count). The molecule has 1 saturated heterocycles. The van der Waals surface area contributed by atoms with Gasteiger partial charge >= 0.3 is 5.97 Å². The number of rotatable bonds is 7. The maximum absolute atomic E-state index is 12.4. The van der Waals surface area contributed by atoms with Crippen molar-refractivity contribution in [2.75, 3.05) is 13.2 Å². The van der Waals surface area contributed by atoms with Gasteiger partial charge in [-0.05, 0) is 31.6 Å². The Hall–Kier alpha value is -1.10. The number of carboxylic acid groups (broad SMARTS) is 1. The first-order valence-corrected chi connectivity index (χ1v) is 8.75. The summed E-state index contributed by atoms with van der Waals surface area (Å²) in [5, 5.41) is 12.1. The van der Waals surface area contributed by atoms with Crippen LogP contribution in [0.15, 0.2) is 0 Å². The van der Waals surface area contributed by atoms with Gasteiger partial charge in [-0.25, -0.2) is 0 Å². The topological polar surface area (TPSA) is 75.6 Å². The summed E-state index contributed by atoms with van der Waals surface area (Å²) in [7, 11) is 0. The minimum absolute atomic E-state index is 0.00884. The number of carboxylic acids is 1. The van der Waals surface area contributed by atoms with Crippen LogP contribution in [0.1, 0.15) is 64.2 Å². The molecule has 5 nitrogen and oxygen atoms in total. The second-order valence-electron chi connectivity index (χ2n) is 6.76. The van der Waals surface area contributed by atoms with E-state index < -0.39 is 5.97 Å². The molecule has 22 heavy (non-hydrogen) atoms. The van der Waals surface area contributed by atoms with Gasteiger partial charge < -0.3 is 15.2 Å². The van der Waals surface area contributed by atoms with E-state index in [0.29, 0.717) is 25.6 Å². The maximum atomic E-state index is 12.4. The van der Waals surface area contributed by atoms with Crippen LogP contribution in [0.5, 0.6) is 0 Å². The molecule has 5 heteroatoms. The highest BCUT2D eigenvalue weighted by atomic mass is 16.5. The molecule has 0 spiro atoms. The average molecular weight is 311 g/mol. The minimum Gasteiger partial charge on any atom is -0.481 e. The Labute approximate surface area is 132 Å². The quantitative estimate of drug-likeness (QED) is 0.758. The van der Waals surface area contributed by atoms with Crippen molar-refractivity contribution in [2.45, 2.75) is 70.3 Å². The van der Waals surface area contributed by atoms with Crippen molar-refractivity contribution in [3.8, 4) is 0 Å². The molecule has 1 unspecified atom stereocenters. The number of hydrogen-bond acceptors (Lipinski definition) is 3. The second-order valence-corrected chi connectivity index (χ2v) is 6.76. The fourth-order valence-electron chi connectivity index (χ4n) is 3.65. The van der Waals surface area contributed by atoms with Crippen molar-refractivity contribution in [1.29, 1.82) is 0 Å². The number of hydrogen-bond donors (Lipinski definition) is 2. The molecule has 2 N–H and O–H groups in total. The largest absolute Gasteiger partial charge is 0.481 e. The fraction of sp³-hybridized carbons (Fsp3) is 0.882. The zero-order chi connectivity index (χ0) is 15.8. The number of amides is 1. The summed E-state index contributed by atoms with van der Waals surface area (Å²) in [6, 6.07) is 0.00884. The number of carbonyl (C=O) groups excluding carboxylic acids is 1. The van der Waals surface area contributed by atoms with E-state index >= 15 is 0 Å². The molecule has 2 aliphatic rings. The van der Waals surface area contributed by atoms with E-state index in [1.165, 1.54) is 32.1 Å². The van der Waals surface area contributed by atoms with E-state index in [0.717, 1.165) is 19.3 Å². The monoisotopic (exact) mass is 311 g/mol. The Kier molecular flexibility index (Phi) is 7.16. The first kappa shape index (κ1) is 17.3. The van der Waals surface area contributed by atoms with Crippen LogP contribution in [0.4, 0.5) is 0 Å². The van der Waals surface area contributed by atoms with E-state index in [4.69, 9.17) is 9.84 Å². The Balaban J connectivity index is 1.84. The molecule has 1 aliphatic carbocycles. The lowest BCUT2D eigenvalue weighted by molar-refractivity contribution is -0.137. The molecular formula is C17H29NO4. The lowest BCUT2D eigenvalue weighted by atomic mass is 9.83. The zero-order valence-electron chi connectivity index (χ0n) is 13.4. The summed E-state index contributed by atoms with van der Waals surface area (Å²) in [6.07, 6.45) is 9.45. The summed E-state index contributed by atoms with van der Waals surface area (Å²) in [6.45, 7) is 1.31. The van der Waals surface area contributed by atoms with E-state index in [2.05, 4.69) is 5.32 Å². The fourth-order valence-corrected chi connectivity index (χ4v) is 3.65. The molecule has 1 aliphatic heterocycles. The molecule has 0 bridgehead atoms. The van der Waals surface area contributed by atoms with Gasteiger partial charge in [0, 0.05) is 31.6 Å².